The molecule has 0 amide bonds. The molecular weight excluding hydrogens is 264 g/mol. The van der Waals surface area contributed by atoms with Crippen LogP contribution in [0.1, 0.15) is 12.0 Å². The Bertz CT molecular complexity index is 527. The smallest absolute Gasteiger partial charge is 0.224 e. The number of anilines is 1. The molecule has 6 nitrogen and oxygen atoms in total. The van der Waals surface area contributed by atoms with Crippen molar-refractivity contribution in [1.82, 2.24) is 14.9 Å². The van der Waals surface area contributed by atoms with E-state index in [2.05, 4.69) is 14.9 Å². The van der Waals surface area contributed by atoms with E-state index in [9.17, 15) is 8.42 Å². The Labute approximate surface area is 114 Å². The van der Waals surface area contributed by atoms with Gasteiger partial charge in [-0.05, 0) is 13.5 Å². The number of sulfone groups is 1. The Balaban J connectivity index is 1.97. The summed E-state index contributed by atoms with van der Waals surface area (Å²) in [6, 6.07) is 0.110. The van der Waals surface area contributed by atoms with Crippen molar-refractivity contribution in [3.63, 3.8) is 0 Å². The van der Waals surface area contributed by atoms with Crippen LogP contribution in [0.15, 0.2) is 12.4 Å². The van der Waals surface area contributed by atoms with Gasteiger partial charge < -0.3 is 4.90 Å². The lowest BCUT2D eigenvalue weighted by atomic mass is 10.2. The lowest BCUT2D eigenvalue weighted by molar-refractivity contribution is 0.253. The zero-order chi connectivity index (χ0) is 14.0. The maximum atomic E-state index is 11.5. The van der Waals surface area contributed by atoms with Gasteiger partial charge in [-0.2, -0.15) is 0 Å². The zero-order valence-corrected chi connectivity index (χ0v) is 12.4. The molecule has 1 fully saturated rings. The van der Waals surface area contributed by atoms with Gasteiger partial charge in [0.15, 0.2) is 9.84 Å². The summed E-state index contributed by atoms with van der Waals surface area (Å²) in [4.78, 5) is 12.4. The fraction of sp³-hybridized carbons (Fsp3) is 0.667. The van der Waals surface area contributed by atoms with E-state index >= 15 is 0 Å². The molecule has 0 aliphatic carbocycles. The predicted octanol–water partition coefficient (Wildman–Crippen LogP) is 0.162. The van der Waals surface area contributed by atoms with Crippen LogP contribution in [0.5, 0.6) is 0 Å². The minimum Gasteiger partial charge on any atom is -0.347 e. The Hall–Kier alpha value is -1.21. The number of hydrogen-bond donors (Lipinski definition) is 0. The van der Waals surface area contributed by atoms with Crippen LogP contribution in [0.3, 0.4) is 0 Å². The molecule has 0 spiro atoms. The summed E-state index contributed by atoms with van der Waals surface area (Å²) in [7, 11) is 2.91. The molecule has 2 heterocycles. The standard InChI is InChI=1S/C12H20N4O2S/c1-15(2)12-13-6-10(7-14-12)8-16(3)11-4-5-19(17,18)9-11/h6-7,11H,4-5,8-9H2,1-3H3/t11-/m0/s1. The summed E-state index contributed by atoms with van der Waals surface area (Å²) in [6.07, 6.45) is 4.31. The van der Waals surface area contributed by atoms with Gasteiger partial charge in [0.1, 0.15) is 0 Å². The van der Waals surface area contributed by atoms with Crippen molar-refractivity contribution in [2.24, 2.45) is 0 Å². The van der Waals surface area contributed by atoms with E-state index in [1.54, 1.807) is 12.4 Å². The number of hydrogen-bond acceptors (Lipinski definition) is 6. The van der Waals surface area contributed by atoms with Gasteiger partial charge in [0, 0.05) is 44.6 Å². The van der Waals surface area contributed by atoms with E-state index in [0.717, 1.165) is 12.0 Å². The summed E-state index contributed by atoms with van der Waals surface area (Å²) in [5.41, 5.74) is 0.998. The van der Waals surface area contributed by atoms with Crippen LogP contribution in [0, 0.1) is 0 Å². The highest BCUT2D eigenvalue weighted by Gasteiger charge is 2.30. The molecule has 0 N–H and O–H groups in total. The van der Waals surface area contributed by atoms with Gasteiger partial charge in [-0.15, -0.1) is 0 Å². The van der Waals surface area contributed by atoms with Crippen LogP contribution >= 0.6 is 0 Å². The highest BCUT2D eigenvalue weighted by Crippen LogP contribution is 2.18. The first kappa shape index (κ1) is 14.2. The van der Waals surface area contributed by atoms with E-state index < -0.39 is 9.84 Å². The molecule has 2 rings (SSSR count). The lowest BCUT2D eigenvalue weighted by Gasteiger charge is -2.22. The molecule has 1 aliphatic heterocycles. The van der Waals surface area contributed by atoms with Gasteiger partial charge in [-0.3, -0.25) is 4.90 Å². The number of rotatable bonds is 4. The van der Waals surface area contributed by atoms with Crippen LogP contribution in [-0.2, 0) is 16.4 Å². The number of nitrogens with zero attached hydrogens (tertiary/aromatic N) is 4. The first-order valence-electron chi connectivity index (χ1n) is 6.26. The summed E-state index contributed by atoms with van der Waals surface area (Å²) in [5, 5.41) is 0. The van der Waals surface area contributed by atoms with E-state index in [0.29, 0.717) is 18.2 Å². The number of aromatic nitrogens is 2. The van der Waals surface area contributed by atoms with E-state index in [4.69, 9.17) is 0 Å². The van der Waals surface area contributed by atoms with Gasteiger partial charge in [-0.1, -0.05) is 0 Å². The fourth-order valence-electron chi connectivity index (χ4n) is 2.20. The molecule has 1 aliphatic rings. The van der Waals surface area contributed by atoms with Crippen LogP contribution in [0.4, 0.5) is 5.95 Å². The van der Waals surface area contributed by atoms with Gasteiger partial charge in [-0.25, -0.2) is 18.4 Å². The van der Waals surface area contributed by atoms with Gasteiger partial charge >= 0.3 is 0 Å². The molecule has 0 radical (unpaired) electrons. The highest BCUT2D eigenvalue weighted by atomic mass is 32.2. The third kappa shape index (κ3) is 3.63. The molecule has 1 saturated heterocycles. The first-order chi connectivity index (χ1) is 8.87. The molecule has 0 bridgehead atoms. The SMILES string of the molecule is CN(C)c1ncc(CN(C)[C@H]2CCS(=O)(=O)C2)cn1. The van der Waals surface area contributed by atoms with Crippen molar-refractivity contribution in [2.45, 2.75) is 19.0 Å². The van der Waals surface area contributed by atoms with Crippen LogP contribution in [-0.4, -0.2) is 62.0 Å². The molecule has 7 heteroatoms. The average Bonchev–Trinajstić information content (AvgIpc) is 2.70. The monoisotopic (exact) mass is 284 g/mol. The van der Waals surface area contributed by atoms with Gasteiger partial charge in [0.2, 0.25) is 5.95 Å². The van der Waals surface area contributed by atoms with Crippen molar-refractivity contribution in [1.29, 1.82) is 0 Å². The fourth-order valence-corrected chi connectivity index (χ4v) is 4.01. The average molecular weight is 284 g/mol. The first-order valence-corrected chi connectivity index (χ1v) is 8.08. The van der Waals surface area contributed by atoms with Crippen molar-refractivity contribution in [3.8, 4) is 0 Å². The molecular formula is C12H20N4O2S. The maximum absolute atomic E-state index is 11.5. The highest BCUT2D eigenvalue weighted by molar-refractivity contribution is 7.91. The topological polar surface area (TPSA) is 66.4 Å². The molecule has 0 unspecified atom stereocenters. The third-order valence-corrected chi connectivity index (χ3v) is 5.11. The van der Waals surface area contributed by atoms with Crippen LogP contribution in [0.25, 0.3) is 0 Å². The van der Waals surface area contributed by atoms with Crippen molar-refractivity contribution in [3.05, 3.63) is 18.0 Å². The Morgan fingerprint density at radius 3 is 2.37 bits per heavy atom. The molecule has 1 aromatic heterocycles. The van der Waals surface area contributed by atoms with Crippen LogP contribution in [0.2, 0.25) is 0 Å². The summed E-state index contributed by atoms with van der Waals surface area (Å²) >= 11 is 0. The minimum absolute atomic E-state index is 0.110. The van der Waals surface area contributed by atoms with Crippen molar-refractivity contribution in [2.75, 3.05) is 37.5 Å². The quantitative estimate of drug-likeness (QED) is 0.785. The van der Waals surface area contributed by atoms with E-state index in [1.807, 2.05) is 26.0 Å². The molecule has 106 valence electrons. The summed E-state index contributed by atoms with van der Waals surface area (Å²) in [5.74, 6) is 1.24. The van der Waals surface area contributed by atoms with Crippen molar-refractivity contribution >= 4 is 15.8 Å². The largest absolute Gasteiger partial charge is 0.347 e. The van der Waals surface area contributed by atoms with Crippen molar-refractivity contribution < 1.29 is 8.42 Å². The predicted molar refractivity (Wildman–Crippen MR) is 74.9 cm³/mol. The third-order valence-electron chi connectivity index (χ3n) is 3.36. The van der Waals surface area contributed by atoms with E-state index in [1.165, 1.54) is 0 Å². The summed E-state index contributed by atoms with van der Waals surface area (Å²) in [6.45, 7) is 0.674. The molecule has 0 aromatic carbocycles. The van der Waals surface area contributed by atoms with Gasteiger partial charge in [0.05, 0.1) is 11.5 Å². The zero-order valence-electron chi connectivity index (χ0n) is 11.6. The second-order valence-electron chi connectivity index (χ2n) is 5.26. The maximum Gasteiger partial charge on any atom is 0.224 e. The Morgan fingerprint density at radius 2 is 1.89 bits per heavy atom. The Kier molecular flexibility index (Phi) is 4.05. The molecule has 1 aromatic rings. The van der Waals surface area contributed by atoms with Gasteiger partial charge in [0.25, 0.3) is 0 Å². The molecule has 1 atom stereocenters. The summed E-state index contributed by atoms with van der Waals surface area (Å²) < 4.78 is 22.9. The Morgan fingerprint density at radius 1 is 1.26 bits per heavy atom. The second kappa shape index (κ2) is 5.42. The minimum atomic E-state index is -2.83. The van der Waals surface area contributed by atoms with E-state index in [-0.39, 0.29) is 11.8 Å². The van der Waals surface area contributed by atoms with Crippen LogP contribution < -0.4 is 4.90 Å². The molecule has 19 heavy (non-hydrogen) atoms. The normalized spacial score (nSPS) is 21.8. The second-order valence-corrected chi connectivity index (χ2v) is 7.49. The molecule has 0 saturated carbocycles. The lowest BCUT2D eigenvalue weighted by Crippen LogP contribution is -2.32.